The van der Waals surface area contributed by atoms with Crippen LogP contribution in [0.5, 0.6) is 0 Å². The Kier molecular flexibility index (Phi) is 4.75. The van der Waals surface area contributed by atoms with Crippen molar-refractivity contribution in [2.24, 2.45) is 5.92 Å². The molecule has 3 nitrogen and oxygen atoms in total. The zero-order valence-electron chi connectivity index (χ0n) is 11.3. The molecule has 0 aliphatic carbocycles. The smallest absolute Gasteiger partial charge is 0.0718 e. The van der Waals surface area contributed by atoms with Crippen LogP contribution in [0.2, 0.25) is 0 Å². The maximum atomic E-state index is 10.1. The van der Waals surface area contributed by atoms with Gasteiger partial charge in [0, 0.05) is 25.6 Å². The van der Waals surface area contributed by atoms with E-state index in [4.69, 9.17) is 4.74 Å². The fraction of sp³-hybridized carbons (Fsp3) is 0.600. The van der Waals surface area contributed by atoms with E-state index in [0.29, 0.717) is 19.1 Å². The van der Waals surface area contributed by atoms with E-state index in [1.165, 1.54) is 11.1 Å². The highest BCUT2D eigenvalue weighted by atomic mass is 16.5. The van der Waals surface area contributed by atoms with Crippen molar-refractivity contribution in [3.05, 3.63) is 35.4 Å². The Morgan fingerprint density at radius 2 is 2.33 bits per heavy atom. The standard InChI is InChI=1S/C15H23NO2/c1-12-4-3-5-13(8-12)9-16(2)10-15(17)14-6-7-18-11-14/h3-5,8,14-15,17H,6-7,9-11H2,1-2H3. The third-order valence-corrected chi connectivity index (χ3v) is 3.54. The predicted molar refractivity (Wildman–Crippen MR) is 72.4 cm³/mol. The molecule has 0 bridgehead atoms. The summed E-state index contributed by atoms with van der Waals surface area (Å²) >= 11 is 0. The normalized spacial score (nSPS) is 21.4. The molecule has 1 saturated heterocycles. The zero-order valence-corrected chi connectivity index (χ0v) is 11.3. The average molecular weight is 249 g/mol. The lowest BCUT2D eigenvalue weighted by molar-refractivity contribution is 0.0615. The maximum Gasteiger partial charge on any atom is 0.0718 e. The van der Waals surface area contributed by atoms with Crippen molar-refractivity contribution in [1.29, 1.82) is 0 Å². The topological polar surface area (TPSA) is 32.7 Å². The summed E-state index contributed by atoms with van der Waals surface area (Å²) in [5, 5.41) is 10.1. The Morgan fingerprint density at radius 1 is 1.50 bits per heavy atom. The van der Waals surface area contributed by atoms with Gasteiger partial charge in [-0.1, -0.05) is 29.8 Å². The molecular weight excluding hydrogens is 226 g/mol. The molecule has 2 atom stereocenters. The second kappa shape index (κ2) is 6.32. The minimum absolute atomic E-state index is 0.276. The van der Waals surface area contributed by atoms with Gasteiger partial charge < -0.3 is 9.84 Å². The second-order valence-electron chi connectivity index (χ2n) is 5.38. The molecule has 0 aromatic heterocycles. The van der Waals surface area contributed by atoms with Gasteiger partial charge in [0.05, 0.1) is 12.7 Å². The second-order valence-corrected chi connectivity index (χ2v) is 5.38. The van der Waals surface area contributed by atoms with Gasteiger partial charge in [0.15, 0.2) is 0 Å². The van der Waals surface area contributed by atoms with Gasteiger partial charge in [0.25, 0.3) is 0 Å². The van der Waals surface area contributed by atoms with Crippen molar-refractivity contribution < 1.29 is 9.84 Å². The zero-order chi connectivity index (χ0) is 13.0. The van der Waals surface area contributed by atoms with Gasteiger partial charge in [-0.15, -0.1) is 0 Å². The van der Waals surface area contributed by atoms with Crippen molar-refractivity contribution in [2.45, 2.75) is 26.0 Å². The molecule has 1 heterocycles. The number of nitrogens with zero attached hydrogens (tertiary/aromatic N) is 1. The number of aryl methyl sites for hydroxylation is 1. The number of hydrogen-bond acceptors (Lipinski definition) is 3. The first-order chi connectivity index (χ1) is 8.65. The summed E-state index contributed by atoms with van der Waals surface area (Å²) in [4.78, 5) is 2.18. The minimum Gasteiger partial charge on any atom is -0.391 e. The summed E-state index contributed by atoms with van der Waals surface area (Å²) in [7, 11) is 2.06. The van der Waals surface area contributed by atoms with Crippen LogP contribution in [-0.4, -0.2) is 42.9 Å². The molecule has 2 rings (SSSR count). The monoisotopic (exact) mass is 249 g/mol. The van der Waals surface area contributed by atoms with Crippen LogP contribution in [0.1, 0.15) is 17.5 Å². The summed E-state index contributed by atoms with van der Waals surface area (Å²) in [6.07, 6.45) is 0.710. The third-order valence-electron chi connectivity index (χ3n) is 3.54. The molecule has 3 heteroatoms. The van der Waals surface area contributed by atoms with Crippen LogP contribution in [0, 0.1) is 12.8 Å². The van der Waals surface area contributed by atoms with E-state index >= 15 is 0 Å². The Hall–Kier alpha value is -0.900. The lowest BCUT2D eigenvalue weighted by atomic mass is 10.0. The number of ether oxygens (including phenoxy) is 1. The largest absolute Gasteiger partial charge is 0.391 e. The van der Waals surface area contributed by atoms with Gasteiger partial charge >= 0.3 is 0 Å². The van der Waals surface area contributed by atoms with Crippen molar-refractivity contribution in [2.75, 3.05) is 26.8 Å². The van der Waals surface area contributed by atoms with Crippen LogP contribution in [0.3, 0.4) is 0 Å². The van der Waals surface area contributed by atoms with E-state index in [-0.39, 0.29) is 6.10 Å². The molecule has 0 radical (unpaired) electrons. The van der Waals surface area contributed by atoms with Crippen LogP contribution in [0.25, 0.3) is 0 Å². The molecule has 1 fully saturated rings. The average Bonchev–Trinajstić information content (AvgIpc) is 2.81. The van der Waals surface area contributed by atoms with Crippen LogP contribution >= 0.6 is 0 Å². The molecule has 1 aromatic rings. The molecule has 0 saturated carbocycles. The van der Waals surface area contributed by atoms with E-state index in [0.717, 1.165) is 19.6 Å². The Labute approximate surface area is 109 Å². The number of benzene rings is 1. The SMILES string of the molecule is Cc1cccc(CN(C)CC(O)C2CCOC2)c1. The summed E-state index contributed by atoms with van der Waals surface area (Å²) in [5.74, 6) is 0.310. The fourth-order valence-corrected chi connectivity index (χ4v) is 2.51. The van der Waals surface area contributed by atoms with E-state index in [1.807, 2.05) is 0 Å². The number of rotatable bonds is 5. The highest BCUT2D eigenvalue weighted by Crippen LogP contribution is 2.17. The van der Waals surface area contributed by atoms with Gasteiger partial charge in [-0.05, 0) is 26.0 Å². The Balaban J connectivity index is 1.82. The molecule has 1 aliphatic rings. The van der Waals surface area contributed by atoms with Crippen LogP contribution in [0.15, 0.2) is 24.3 Å². The molecule has 1 aromatic carbocycles. The van der Waals surface area contributed by atoms with Crippen molar-refractivity contribution in [1.82, 2.24) is 4.90 Å². The first kappa shape index (κ1) is 13.5. The molecule has 1 aliphatic heterocycles. The quantitative estimate of drug-likeness (QED) is 0.864. The number of hydrogen-bond donors (Lipinski definition) is 1. The molecule has 2 unspecified atom stereocenters. The van der Waals surface area contributed by atoms with Gasteiger partial charge in [0.1, 0.15) is 0 Å². The number of likely N-dealkylation sites (N-methyl/N-ethyl adjacent to an activating group) is 1. The van der Waals surface area contributed by atoms with E-state index in [2.05, 4.69) is 43.1 Å². The van der Waals surface area contributed by atoms with E-state index < -0.39 is 0 Å². The minimum atomic E-state index is -0.276. The molecule has 18 heavy (non-hydrogen) atoms. The van der Waals surface area contributed by atoms with E-state index in [1.54, 1.807) is 0 Å². The highest BCUT2D eigenvalue weighted by Gasteiger charge is 2.24. The lowest BCUT2D eigenvalue weighted by Gasteiger charge is -2.23. The van der Waals surface area contributed by atoms with Crippen LogP contribution < -0.4 is 0 Å². The predicted octanol–water partition coefficient (Wildman–Crippen LogP) is 1.82. The van der Waals surface area contributed by atoms with Crippen LogP contribution in [-0.2, 0) is 11.3 Å². The molecule has 0 amide bonds. The summed E-state index contributed by atoms with van der Waals surface area (Å²) in [5.41, 5.74) is 2.58. The molecular formula is C15H23NO2. The number of aliphatic hydroxyl groups is 1. The van der Waals surface area contributed by atoms with Gasteiger partial charge in [-0.25, -0.2) is 0 Å². The summed E-state index contributed by atoms with van der Waals surface area (Å²) in [6.45, 7) is 5.20. The summed E-state index contributed by atoms with van der Waals surface area (Å²) in [6, 6.07) is 8.52. The van der Waals surface area contributed by atoms with Crippen molar-refractivity contribution >= 4 is 0 Å². The van der Waals surface area contributed by atoms with E-state index in [9.17, 15) is 5.11 Å². The van der Waals surface area contributed by atoms with Gasteiger partial charge in [-0.2, -0.15) is 0 Å². The summed E-state index contributed by atoms with van der Waals surface area (Å²) < 4.78 is 5.32. The first-order valence-electron chi connectivity index (χ1n) is 6.65. The maximum absolute atomic E-state index is 10.1. The van der Waals surface area contributed by atoms with Gasteiger partial charge in [0.2, 0.25) is 0 Å². The lowest BCUT2D eigenvalue weighted by Crippen LogP contribution is -2.34. The van der Waals surface area contributed by atoms with Crippen molar-refractivity contribution in [3.8, 4) is 0 Å². The molecule has 0 spiro atoms. The number of aliphatic hydroxyl groups excluding tert-OH is 1. The Morgan fingerprint density at radius 3 is 3.00 bits per heavy atom. The van der Waals surface area contributed by atoms with Gasteiger partial charge in [-0.3, -0.25) is 4.90 Å². The first-order valence-corrected chi connectivity index (χ1v) is 6.65. The molecule has 1 N–H and O–H groups in total. The molecule has 100 valence electrons. The van der Waals surface area contributed by atoms with Crippen molar-refractivity contribution in [3.63, 3.8) is 0 Å². The highest BCUT2D eigenvalue weighted by molar-refractivity contribution is 5.21. The fourth-order valence-electron chi connectivity index (χ4n) is 2.51. The van der Waals surface area contributed by atoms with Crippen LogP contribution in [0.4, 0.5) is 0 Å². The third kappa shape index (κ3) is 3.80. The Bertz CT molecular complexity index is 375.